The van der Waals surface area contributed by atoms with Gasteiger partial charge in [-0.25, -0.2) is 8.42 Å². The molecule has 1 N–H and O–H groups in total. The zero-order chi connectivity index (χ0) is 22.2. The first-order valence-corrected chi connectivity index (χ1v) is 12.9. The van der Waals surface area contributed by atoms with Gasteiger partial charge in [0.05, 0.1) is 5.02 Å². The standard InChI is InChI=1S/C19H15BrCl2N4O3S2/c20-12-5-3-11(4-6-12)18-24-25-19(30-18)23-17(27)15-2-1-9-26(15)31(28,29)16-10-13(21)7-8-14(16)22/h3-8,10,15H,1-2,9H2,(H,23,25,27). The Kier molecular flexibility index (Phi) is 6.66. The Balaban J connectivity index is 1.53. The van der Waals surface area contributed by atoms with Gasteiger partial charge < -0.3 is 0 Å². The Morgan fingerprint density at radius 3 is 2.65 bits per heavy atom. The van der Waals surface area contributed by atoms with Crippen molar-refractivity contribution in [2.45, 2.75) is 23.8 Å². The quantitative estimate of drug-likeness (QED) is 0.469. The first kappa shape index (κ1) is 22.6. The van der Waals surface area contributed by atoms with Crippen molar-refractivity contribution in [3.8, 4) is 10.6 Å². The lowest BCUT2D eigenvalue weighted by atomic mass is 10.2. The smallest absolute Gasteiger partial charge is 0.245 e. The third-order valence-corrected chi connectivity index (χ3v) is 8.77. The second-order valence-corrected chi connectivity index (χ2v) is 11.4. The number of carbonyl (C=O) groups excluding carboxylic acids is 1. The van der Waals surface area contributed by atoms with Gasteiger partial charge in [0.2, 0.25) is 21.1 Å². The van der Waals surface area contributed by atoms with Gasteiger partial charge in [-0.1, -0.05) is 62.6 Å². The van der Waals surface area contributed by atoms with Crippen LogP contribution < -0.4 is 5.32 Å². The predicted octanol–water partition coefficient (Wildman–Crippen LogP) is 5.07. The highest BCUT2D eigenvalue weighted by Crippen LogP contribution is 2.33. The van der Waals surface area contributed by atoms with E-state index in [1.54, 1.807) is 0 Å². The Morgan fingerprint density at radius 2 is 1.90 bits per heavy atom. The number of sulfonamides is 1. The van der Waals surface area contributed by atoms with Crippen LogP contribution in [0.25, 0.3) is 10.6 Å². The van der Waals surface area contributed by atoms with E-state index in [0.29, 0.717) is 23.0 Å². The molecule has 3 aromatic rings. The van der Waals surface area contributed by atoms with Crippen LogP contribution in [0, 0.1) is 0 Å². The number of hydrogen-bond acceptors (Lipinski definition) is 6. The number of nitrogens with zero attached hydrogens (tertiary/aromatic N) is 3. The first-order chi connectivity index (χ1) is 14.8. The van der Waals surface area contributed by atoms with Crippen molar-refractivity contribution in [1.82, 2.24) is 14.5 Å². The fourth-order valence-corrected chi connectivity index (χ4v) is 6.67. The van der Waals surface area contributed by atoms with Gasteiger partial charge in [0.25, 0.3) is 0 Å². The van der Waals surface area contributed by atoms with Gasteiger partial charge in [0.1, 0.15) is 15.9 Å². The summed E-state index contributed by atoms with van der Waals surface area (Å²) in [5.74, 6) is -0.460. The molecule has 162 valence electrons. The largest absolute Gasteiger partial charge is 0.299 e. The molecule has 0 bridgehead atoms. The fraction of sp³-hybridized carbons (Fsp3) is 0.211. The molecular formula is C19H15BrCl2N4O3S2. The van der Waals surface area contributed by atoms with Gasteiger partial charge in [-0.15, -0.1) is 10.2 Å². The first-order valence-electron chi connectivity index (χ1n) is 9.13. The Morgan fingerprint density at radius 1 is 1.16 bits per heavy atom. The lowest BCUT2D eigenvalue weighted by Gasteiger charge is -2.23. The van der Waals surface area contributed by atoms with Crippen LogP contribution in [0.5, 0.6) is 0 Å². The molecule has 1 atom stereocenters. The molecule has 1 saturated heterocycles. The molecule has 0 spiro atoms. The average molecular weight is 562 g/mol. The summed E-state index contributed by atoms with van der Waals surface area (Å²) in [6, 6.07) is 10.9. The molecule has 1 amide bonds. The van der Waals surface area contributed by atoms with Crippen molar-refractivity contribution in [1.29, 1.82) is 0 Å². The minimum atomic E-state index is -4.00. The number of anilines is 1. The van der Waals surface area contributed by atoms with E-state index in [2.05, 4.69) is 31.4 Å². The van der Waals surface area contributed by atoms with E-state index in [9.17, 15) is 13.2 Å². The van der Waals surface area contributed by atoms with Gasteiger partial charge in [-0.3, -0.25) is 10.1 Å². The highest BCUT2D eigenvalue weighted by Gasteiger charge is 2.40. The van der Waals surface area contributed by atoms with Gasteiger partial charge in [-0.05, 0) is 43.2 Å². The highest BCUT2D eigenvalue weighted by molar-refractivity contribution is 9.10. The summed E-state index contributed by atoms with van der Waals surface area (Å²) < 4.78 is 28.4. The molecule has 4 rings (SSSR count). The lowest BCUT2D eigenvalue weighted by molar-refractivity contribution is -0.119. The molecule has 0 saturated carbocycles. The van der Waals surface area contributed by atoms with Gasteiger partial charge in [-0.2, -0.15) is 4.31 Å². The van der Waals surface area contributed by atoms with Crippen molar-refractivity contribution in [2.24, 2.45) is 0 Å². The van der Waals surface area contributed by atoms with Crippen LogP contribution in [0.15, 0.2) is 51.8 Å². The topological polar surface area (TPSA) is 92.3 Å². The Bertz CT molecular complexity index is 1240. The normalized spacial score (nSPS) is 17.1. The van der Waals surface area contributed by atoms with Crippen molar-refractivity contribution in [3.63, 3.8) is 0 Å². The predicted molar refractivity (Wildman–Crippen MR) is 125 cm³/mol. The SMILES string of the molecule is O=C(Nc1nnc(-c2ccc(Br)cc2)s1)C1CCCN1S(=O)(=O)c1cc(Cl)ccc1Cl. The highest BCUT2D eigenvalue weighted by atomic mass is 79.9. The van der Waals surface area contributed by atoms with Crippen LogP contribution in [-0.4, -0.2) is 41.4 Å². The molecule has 0 radical (unpaired) electrons. The summed E-state index contributed by atoms with van der Waals surface area (Å²) in [6.07, 6.45) is 0.942. The van der Waals surface area contributed by atoms with Gasteiger partial charge in [0.15, 0.2) is 0 Å². The maximum absolute atomic E-state index is 13.2. The number of carbonyl (C=O) groups is 1. The summed E-state index contributed by atoms with van der Waals surface area (Å²) >= 11 is 16.7. The monoisotopic (exact) mass is 560 g/mol. The van der Waals surface area contributed by atoms with E-state index < -0.39 is 22.0 Å². The van der Waals surface area contributed by atoms with Crippen molar-refractivity contribution >= 4 is 71.5 Å². The van der Waals surface area contributed by atoms with E-state index in [0.717, 1.165) is 14.3 Å². The molecule has 7 nitrogen and oxygen atoms in total. The van der Waals surface area contributed by atoms with Crippen LogP contribution in [0.4, 0.5) is 5.13 Å². The van der Waals surface area contributed by atoms with Crippen LogP contribution in [0.2, 0.25) is 10.0 Å². The van der Waals surface area contributed by atoms with Gasteiger partial charge in [0, 0.05) is 21.6 Å². The molecule has 1 fully saturated rings. The molecule has 0 aliphatic carbocycles. The van der Waals surface area contributed by atoms with Crippen molar-refractivity contribution in [2.75, 3.05) is 11.9 Å². The third kappa shape index (κ3) is 4.79. The third-order valence-electron chi connectivity index (χ3n) is 4.73. The summed E-state index contributed by atoms with van der Waals surface area (Å²) in [5.41, 5.74) is 0.863. The zero-order valence-corrected chi connectivity index (χ0v) is 20.5. The number of amides is 1. The summed E-state index contributed by atoms with van der Waals surface area (Å²) in [7, 11) is -4.00. The van der Waals surface area contributed by atoms with Gasteiger partial charge >= 0.3 is 0 Å². The summed E-state index contributed by atoms with van der Waals surface area (Å²) in [4.78, 5) is 12.8. The van der Waals surface area contributed by atoms with Crippen molar-refractivity contribution < 1.29 is 13.2 Å². The maximum atomic E-state index is 13.2. The molecule has 1 aliphatic rings. The molecule has 1 aromatic heterocycles. The average Bonchev–Trinajstić information content (AvgIpc) is 3.40. The number of benzene rings is 2. The second-order valence-electron chi connectivity index (χ2n) is 6.76. The lowest BCUT2D eigenvalue weighted by Crippen LogP contribution is -2.43. The maximum Gasteiger partial charge on any atom is 0.245 e. The van der Waals surface area contributed by atoms with Crippen molar-refractivity contribution in [3.05, 3.63) is 57.0 Å². The molecular weight excluding hydrogens is 547 g/mol. The minimum Gasteiger partial charge on any atom is -0.299 e. The van der Waals surface area contributed by atoms with E-state index in [4.69, 9.17) is 23.2 Å². The number of nitrogens with one attached hydrogen (secondary N) is 1. The molecule has 12 heteroatoms. The number of hydrogen-bond donors (Lipinski definition) is 1. The van der Waals surface area contributed by atoms with E-state index in [1.165, 1.54) is 29.5 Å². The second kappa shape index (κ2) is 9.13. The molecule has 2 aromatic carbocycles. The zero-order valence-electron chi connectivity index (χ0n) is 15.8. The molecule has 1 aliphatic heterocycles. The fourth-order valence-electron chi connectivity index (χ4n) is 3.26. The number of rotatable bonds is 5. The summed E-state index contributed by atoms with van der Waals surface area (Å²) in [5, 5.41) is 12.1. The minimum absolute atomic E-state index is 0.0544. The van der Waals surface area contributed by atoms with Crippen LogP contribution >= 0.6 is 50.5 Å². The summed E-state index contributed by atoms with van der Waals surface area (Å²) in [6.45, 7) is 0.212. The van der Waals surface area contributed by atoms with Crippen LogP contribution in [0.3, 0.4) is 0 Å². The molecule has 1 unspecified atom stereocenters. The number of halogens is 3. The van der Waals surface area contributed by atoms with E-state index >= 15 is 0 Å². The van der Waals surface area contributed by atoms with E-state index in [-0.39, 0.29) is 21.5 Å². The molecule has 31 heavy (non-hydrogen) atoms. The Labute approximate surface area is 201 Å². The van der Waals surface area contributed by atoms with Crippen LogP contribution in [0.1, 0.15) is 12.8 Å². The Hall–Kier alpha value is -1.56. The number of aromatic nitrogens is 2. The van der Waals surface area contributed by atoms with E-state index in [1.807, 2.05) is 24.3 Å². The van der Waals surface area contributed by atoms with Crippen LogP contribution in [-0.2, 0) is 14.8 Å². The molecule has 2 heterocycles.